The van der Waals surface area contributed by atoms with Gasteiger partial charge in [0.2, 0.25) is 11.6 Å². The summed E-state index contributed by atoms with van der Waals surface area (Å²) in [5, 5.41) is 6.55. The van der Waals surface area contributed by atoms with Crippen molar-refractivity contribution >= 4 is 23.2 Å². The quantitative estimate of drug-likeness (QED) is 0.551. The number of ketones is 2. The predicted octanol–water partition coefficient (Wildman–Crippen LogP) is 2.84. The molecule has 0 amide bonds. The second kappa shape index (κ2) is 6.45. The molecule has 7 nitrogen and oxygen atoms in total. The zero-order valence-corrected chi connectivity index (χ0v) is 12.4. The molecule has 0 spiro atoms. The van der Waals surface area contributed by atoms with E-state index in [1.807, 2.05) is 0 Å². The summed E-state index contributed by atoms with van der Waals surface area (Å²) >= 11 is 5.79. The van der Waals surface area contributed by atoms with Gasteiger partial charge in [-0.15, -0.1) is 5.10 Å². The number of rotatable bonds is 6. The van der Waals surface area contributed by atoms with E-state index in [-0.39, 0.29) is 12.2 Å². The summed E-state index contributed by atoms with van der Waals surface area (Å²) in [5.74, 6) is -0.313. The third kappa shape index (κ3) is 3.64. The Morgan fingerprint density at radius 2 is 2.00 bits per heavy atom. The van der Waals surface area contributed by atoms with E-state index in [9.17, 15) is 9.59 Å². The zero-order chi connectivity index (χ0) is 16.2. The lowest BCUT2D eigenvalue weighted by Gasteiger charge is -2.01. The van der Waals surface area contributed by atoms with Crippen molar-refractivity contribution in [2.75, 3.05) is 0 Å². The van der Waals surface area contributed by atoms with Crippen LogP contribution >= 0.6 is 11.6 Å². The Morgan fingerprint density at radius 3 is 2.70 bits per heavy atom. The number of ether oxygens (including phenoxy) is 1. The molecule has 1 aromatic carbocycles. The minimum Gasteiger partial charge on any atom is -0.465 e. The van der Waals surface area contributed by atoms with Crippen molar-refractivity contribution in [1.82, 2.24) is 15.2 Å². The summed E-state index contributed by atoms with van der Waals surface area (Å²) in [6.45, 7) is 0. The van der Waals surface area contributed by atoms with Crippen molar-refractivity contribution in [2.45, 2.75) is 6.42 Å². The number of furan rings is 1. The van der Waals surface area contributed by atoms with Gasteiger partial charge in [0.1, 0.15) is 24.1 Å². The Labute approximate surface area is 135 Å². The number of hydrogen-bond acceptors (Lipinski definition) is 6. The van der Waals surface area contributed by atoms with Crippen LogP contribution in [0, 0.1) is 0 Å². The van der Waals surface area contributed by atoms with Gasteiger partial charge in [-0.25, -0.2) is 4.98 Å². The Hall–Kier alpha value is -2.93. The lowest BCUT2D eigenvalue weighted by molar-refractivity contribution is -0.114. The topological polar surface area (TPSA) is 98.1 Å². The Balaban J connectivity index is 1.64. The smallest absolute Gasteiger partial charge is 0.268 e. The molecule has 2 aromatic heterocycles. The Kier molecular flexibility index (Phi) is 4.20. The fourth-order valence-electron chi connectivity index (χ4n) is 1.83. The molecule has 0 unspecified atom stereocenters. The van der Waals surface area contributed by atoms with Crippen molar-refractivity contribution in [3.63, 3.8) is 0 Å². The highest BCUT2D eigenvalue weighted by Gasteiger charge is 2.21. The molecule has 3 aromatic rings. The van der Waals surface area contributed by atoms with Gasteiger partial charge in [-0.3, -0.25) is 14.7 Å². The molecule has 1 N–H and O–H groups in total. The van der Waals surface area contributed by atoms with E-state index in [4.69, 9.17) is 20.8 Å². The summed E-state index contributed by atoms with van der Waals surface area (Å²) in [5.41, 5.74) is 0. The highest BCUT2D eigenvalue weighted by Crippen LogP contribution is 2.25. The summed E-state index contributed by atoms with van der Waals surface area (Å²) < 4.78 is 10.8. The number of aromatic nitrogens is 3. The largest absolute Gasteiger partial charge is 0.465 e. The number of nitrogens with zero attached hydrogens (tertiary/aromatic N) is 2. The number of hydrogen-bond donors (Lipinski definition) is 1. The van der Waals surface area contributed by atoms with Gasteiger partial charge in [0.05, 0.1) is 6.42 Å². The molecular weight excluding hydrogens is 322 g/mol. The van der Waals surface area contributed by atoms with Crippen LogP contribution in [0.2, 0.25) is 5.02 Å². The number of aromatic amines is 1. The van der Waals surface area contributed by atoms with Gasteiger partial charge >= 0.3 is 0 Å². The third-order valence-corrected chi connectivity index (χ3v) is 3.14. The van der Waals surface area contributed by atoms with E-state index in [2.05, 4.69) is 15.2 Å². The fraction of sp³-hybridized carbons (Fsp3) is 0.0667. The van der Waals surface area contributed by atoms with E-state index in [1.165, 1.54) is 18.7 Å². The predicted molar refractivity (Wildman–Crippen MR) is 79.7 cm³/mol. The molecule has 0 atom stereocenters. The first kappa shape index (κ1) is 15.0. The normalized spacial score (nSPS) is 10.5. The van der Waals surface area contributed by atoms with Crippen LogP contribution in [-0.4, -0.2) is 26.7 Å². The van der Waals surface area contributed by atoms with Gasteiger partial charge in [-0.2, -0.15) is 0 Å². The molecule has 23 heavy (non-hydrogen) atoms. The summed E-state index contributed by atoms with van der Waals surface area (Å²) in [7, 11) is 0. The molecule has 0 aliphatic rings. The van der Waals surface area contributed by atoms with Crippen LogP contribution in [0.5, 0.6) is 11.5 Å². The van der Waals surface area contributed by atoms with Crippen molar-refractivity contribution in [1.29, 1.82) is 0 Å². The lowest BCUT2D eigenvalue weighted by Crippen LogP contribution is -2.17. The van der Waals surface area contributed by atoms with Crippen LogP contribution in [-0.2, 0) is 11.2 Å². The van der Waals surface area contributed by atoms with E-state index < -0.39 is 11.6 Å². The molecule has 0 saturated carbocycles. The molecule has 116 valence electrons. The standard InChI is InChI=1S/C15H10ClN3O4/c16-9-1-3-10(4-2-9)23-12-5-11(22-7-12)6-13(20)14(21)15-17-8-18-19-15/h1-5,7-8H,6H2,(H,17,18,19). The van der Waals surface area contributed by atoms with Gasteiger partial charge in [0.15, 0.2) is 5.75 Å². The number of halogens is 1. The fourth-order valence-corrected chi connectivity index (χ4v) is 1.95. The monoisotopic (exact) mass is 331 g/mol. The average molecular weight is 332 g/mol. The maximum atomic E-state index is 11.9. The first-order valence-electron chi connectivity index (χ1n) is 6.56. The van der Waals surface area contributed by atoms with Crippen molar-refractivity contribution in [2.24, 2.45) is 0 Å². The third-order valence-electron chi connectivity index (χ3n) is 2.89. The number of benzene rings is 1. The van der Waals surface area contributed by atoms with Crippen molar-refractivity contribution < 1.29 is 18.7 Å². The van der Waals surface area contributed by atoms with E-state index >= 15 is 0 Å². The number of nitrogens with one attached hydrogen (secondary N) is 1. The summed E-state index contributed by atoms with van der Waals surface area (Å²) in [6.07, 6.45) is 2.39. The zero-order valence-electron chi connectivity index (χ0n) is 11.7. The number of carbonyl (C=O) groups is 2. The van der Waals surface area contributed by atoms with Crippen molar-refractivity contribution in [3.8, 4) is 11.5 Å². The molecule has 0 aliphatic carbocycles. The number of carbonyl (C=O) groups excluding carboxylic acids is 2. The van der Waals surface area contributed by atoms with Crippen LogP contribution < -0.4 is 4.74 Å². The average Bonchev–Trinajstić information content (AvgIpc) is 3.21. The minimum atomic E-state index is -0.775. The van der Waals surface area contributed by atoms with Gasteiger partial charge in [-0.05, 0) is 24.3 Å². The minimum absolute atomic E-state index is 0.167. The lowest BCUT2D eigenvalue weighted by atomic mass is 10.1. The molecule has 8 heteroatoms. The molecular formula is C15H10ClN3O4. The van der Waals surface area contributed by atoms with Crippen LogP contribution in [0.25, 0.3) is 0 Å². The number of Topliss-reactive ketones (excluding diaryl/α,β-unsaturated/α-hetero) is 2. The molecule has 3 rings (SSSR count). The molecule has 0 radical (unpaired) electrons. The highest BCUT2D eigenvalue weighted by atomic mass is 35.5. The van der Waals surface area contributed by atoms with Crippen molar-refractivity contribution in [3.05, 3.63) is 59.5 Å². The number of H-pyrrole nitrogens is 1. The van der Waals surface area contributed by atoms with Gasteiger partial charge in [0.25, 0.3) is 5.78 Å². The molecule has 0 fully saturated rings. The Morgan fingerprint density at radius 1 is 1.22 bits per heavy atom. The van der Waals surface area contributed by atoms with Crippen LogP contribution in [0.4, 0.5) is 0 Å². The van der Waals surface area contributed by atoms with Gasteiger partial charge < -0.3 is 9.15 Å². The van der Waals surface area contributed by atoms with E-state index in [0.29, 0.717) is 22.3 Å². The first-order valence-corrected chi connectivity index (χ1v) is 6.94. The highest BCUT2D eigenvalue weighted by molar-refractivity contribution is 6.42. The van der Waals surface area contributed by atoms with Crippen LogP contribution in [0.3, 0.4) is 0 Å². The molecule has 2 heterocycles. The Bertz CT molecular complexity index is 825. The maximum absolute atomic E-state index is 11.9. The second-order valence-electron chi connectivity index (χ2n) is 4.56. The molecule has 0 aliphatic heterocycles. The maximum Gasteiger partial charge on any atom is 0.268 e. The summed E-state index contributed by atoms with van der Waals surface area (Å²) in [6, 6.07) is 8.32. The second-order valence-corrected chi connectivity index (χ2v) is 4.99. The van der Waals surface area contributed by atoms with Gasteiger partial charge in [0, 0.05) is 11.1 Å². The van der Waals surface area contributed by atoms with E-state index in [1.54, 1.807) is 24.3 Å². The van der Waals surface area contributed by atoms with Crippen LogP contribution in [0.1, 0.15) is 16.4 Å². The molecule has 0 saturated heterocycles. The summed E-state index contributed by atoms with van der Waals surface area (Å²) in [4.78, 5) is 27.3. The SMILES string of the molecule is O=C(Cc1cc(Oc2ccc(Cl)cc2)co1)C(=O)c1nc[nH]n1. The molecule has 0 bridgehead atoms. The van der Waals surface area contributed by atoms with Crippen LogP contribution in [0.15, 0.2) is 47.3 Å². The van der Waals surface area contributed by atoms with E-state index in [0.717, 1.165) is 0 Å². The first-order chi connectivity index (χ1) is 11.1. The van der Waals surface area contributed by atoms with Gasteiger partial charge in [-0.1, -0.05) is 11.6 Å².